The minimum atomic E-state index is -1.36. The van der Waals surface area contributed by atoms with Crippen molar-refractivity contribution in [1.82, 2.24) is 0 Å². The Bertz CT molecular complexity index is 598. The molecule has 106 valence electrons. The summed E-state index contributed by atoms with van der Waals surface area (Å²) in [6.07, 6.45) is -0.459. The van der Waals surface area contributed by atoms with Crippen LogP contribution in [0, 0.1) is 29.1 Å². The molecule has 0 bridgehead atoms. The van der Waals surface area contributed by atoms with Crippen molar-refractivity contribution in [3.05, 3.63) is 70.5 Å². The number of hydrogen-bond donors (Lipinski definition) is 0. The lowest BCUT2D eigenvalue weighted by molar-refractivity contribution is 0.512. The molecule has 0 fully saturated rings. The third kappa shape index (κ3) is 2.93. The lowest BCUT2D eigenvalue weighted by Gasteiger charge is -2.13. The summed E-state index contributed by atoms with van der Waals surface area (Å²) >= 11 is 5.81. The lowest BCUT2D eigenvalue weighted by Crippen LogP contribution is -2.06. The molecule has 0 saturated heterocycles. The van der Waals surface area contributed by atoms with Crippen LogP contribution in [0.2, 0.25) is 0 Å². The first kappa shape index (κ1) is 14.8. The molecule has 1 atom stereocenters. The van der Waals surface area contributed by atoms with Gasteiger partial charge in [-0.2, -0.15) is 0 Å². The van der Waals surface area contributed by atoms with Gasteiger partial charge in [-0.3, -0.25) is 0 Å². The third-order valence-corrected chi connectivity index (χ3v) is 3.17. The molecule has 0 aromatic heterocycles. The Labute approximate surface area is 116 Å². The molecule has 2 aromatic carbocycles. The Morgan fingerprint density at radius 2 is 1.35 bits per heavy atom. The monoisotopic (exact) mass is 306 g/mol. The molecule has 0 spiro atoms. The van der Waals surface area contributed by atoms with E-state index < -0.39 is 46.4 Å². The van der Waals surface area contributed by atoms with Gasteiger partial charge in [0.15, 0.2) is 0 Å². The average Bonchev–Trinajstić information content (AvgIpc) is 2.32. The normalized spacial score (nSPS) is 12.5. The van der Waals surface area contributed by atoms with E-state index in [1.165, 1.54) is 0 Å². The van der Waals surface area contributed by atoms with E-state index in [0.29, 0.717) is 12.1 Å². The van der Waals surface area contributed by atoms with Crippen molar-refractivity contribution in [1.29, 1.82) is 0 Å². The first-order chi connectivity index (χ1) is 9.40. The Hall–Kier alpha value is -1.62. The molecule has 0 aliphatic rings. The number of halogens is 6. The van der Waals surface area contributed by atoms with Gasteiger partial charge in [-0.05, 0) is 18.6 Å². The zero-order valence-electron chi connectivity index (χ0n) is 9.94. The summed E-state index contributed by atoms with van der Waals surface area (Å²) in [6.45, 7) is 0. The first-order valence-corrected chi connectivity index (χ1v) is 6.05. The Morgan fingerprint density at radius 3 is 1.85 bits per heavy atom. The zero-order valence-corrected chi connectivity index (χ0v) is 10.7. The third-order valence-electron chi connectivity index (χ3n) is 2.80. The van der Waals surface area contributed by atoms with Gasteiger partial charge in [0, 0.05) is 23.3 Å². The summed E-state index contributed by atoms with van der Waals surface area (Å²) in [4.78, 5) is 0. The molecule has 0 nitrogen and oxygen atoms in total. The van der Waals surface area contributed by atoms with Crippen molar-refractivity contribution >= 4 is 11.6 Å². The smallest absolute Gasteiger partial charge is 0.133 e. The van der Waals surface area contributed by atoms with Gasteiger partial charge in [0.25, 0.3) is 0 Å². The summed E-state index contributed by atoms with van der Waals surface area (Å²) in [6, 6.07) is 4.12. The van der Waals surface area contributed by atoms with E-state index in [4.69, 9.17) is 11.6 Å². The molecule has 0 aliphatic carbocycles. The second kappa shape index (κ2) is 5.79. The van der Waals surface area contributed by atoms with E-state index in [9.17, 15) is 22.0 Å². The van der Waals surface area contributed by atoms with Crippen molar-refractivity contribution < 1.29 is 22.0 Å². The van der Waals surface area contributed by atoms with Gasteiger partial charge >= 0.3 is 0 Å². The first-order valence-electron chi connectivity index (χ1n) is 5.61. The molecule has 0 heterocycles. The zero-order chi connectivity index (χ0) is 14.9. The topological polar surface area (TPSA) is 0 Å². The molecule has 0 radical (unpaired) electrons. The molecule has 1 unspecified atom stereocenters. The molecular weight excluding hydrogens is 299 g/mol. The summed E-state index contributed by atoms with van der Waals surface area (Å²) in [5.41, 5.74) is -0.994. The van der Waals surface area contributed by atoms with Crippen LogP contribution >= 0.6 is 11.6 Å². The fourth-order valence-electron chi connectivity index (χ4n) is 1.86. The molecule has 0 amide bonds. The van der Waals surface area contributed by atoms with Crippen LogP contribution in [-0.2, 0) is 6.42 Å². The van der Waals surface area contributed by atoms with Crippen LogP contribution in [0.3, 0.4) is 0 Å². The predicted molar refractivity (Wildman–Crippen MR) is 65.0 cm³/mol. The molecule has 20 heavy (non-hydrogen) atoms. The van der Waals surface area contributed by atoms with Gasteiger partial charge < -0.3 is 0 Å². The predicted octanol–water partition coefficient (Wildman–Crippen LogP) is 4.90. The summed E-state index contributed by atoms with van der Waals surface area (Å²) in [5.74, 6) is -5.21. The molecule has 0 N–H and O–H groups in total. The summed E-state index contributed by atoms with van der Waals surface area (Å²) < 4.78 is 66.7. The van der Waals surface area contributed by atoms with E-state index in [-0.39, 0.29) is 5.56 Å². The maximum atomic E-state index is 13.5. The van der Waals surface area contributed by atoms with Crippen molar-refractivity contribution in [2.45, 2.75) is 11.8 Å². The van der Waals surface area contributed by atoms with Crippen LogP contribution in [0.1, 0.15) is 16.5 Å². The molecular formula is C14H8ClF5. The highest BCUT2D eigenvalue weighted by Gasteiger charge is 2.22. The van der Waals surface area contributed by atoms with Crippen LogP contribution < -0.4 is 0 Å². The van der Waals surface area contributed by atoms with Crippen molar-refractivity contribution in [3.8, 4) is 0 Å². The van der Waals surface area contributed by atoms with E-state index in [2.05, 4.69) is 0 Å². The van der Waals surface area contributed by atoms with Crippen LogP contribution in [0.5, 0.6) is 0 Å². The van der Waals surface area contributed by atoms with Crippen LogP contribution in [0.25, 0.3) is 0 Å². The van der Waals surface area contributed by atoms with E-state index in [1.807, 2.05) is 0 Å². The van der Waals surface area contributed by atoms with Gasteiger partial charge in [-0.15, -0.1) is 11.6 Å². The highest BCUT2D eigenvalue weighted by molar-refractivity contribution is 6.21. The van der Waals surface area contributed by atoms with Crippen molar-refractivity contribution in [2.75, 3.05) is 0 Å². The minimum absolute atomic E-state index is 0.379. The van der Waals surface area contributed by atoms with Crippen molar-refractivity contribution in [3.63, 3.8) is 0 Å². The quantitative estimate of drug-likeness (QED) is 0.558. The second-order valence-corrected chi connectivity index (χ2v) is 4.68. The van der Waals surface area contributed by atoms with Gasteiger partial charge in [0.2, 0.25) is 0 Å². The van der Waals surface area contributed by atoms with Crippen LogP contribution in [-0.4, -0.2) is 0 Å². The molecule has 2 rings (SSSR count). The number of hydrogen-bond acceptors (Lipinski definition) is 0. The Balaban J connectivity index is 2.36. The summed E-state index contributed by atoms with van der Waals surface area (Å²) in [7, 11) is 0. The number of rotatable bonds is 3. The maximum absolute atomic E-state index is 13.5. The van der Waals surface area contributed by atoms with E-state index in [1.54, 1.807) is 0 Å². The highest BCUT2D eigenvalue weighted by Crippen LogP contribution is 2.31. The number of alkyl halides is 1. The Kier molecular flexibility index (Phi) is 4.28. The minimum Gasteiger partial charge on any atom is -0.207 e. The highest BCUT2D eigenvalue weighted by atomic mass is 35.5. The van der Waals surface area contributed by atoms with Crippen LogP contribution in [0.15, 0.2) is 30.3 Å². The Morgan fingerprint density at radius 1 is 0.850 bits per heavy atom. The molecule has 2 aromatic rings. The second-order valence-electron chi connectivity index (χ2n) is 4.15. The van der Waals surface area contributed by atoms with E-state index in [0.717, 1.165) is 18.2 Å². The van der Waals surface area contributed by atoms with E-state index >= 15 is 0 Å². The average molecular weight is 307 g/mol. The van der Waals surface area contributed by atoms with Gasteiger partial charge in [-0.1, -0.05) is 6.07 Å². The van der Waals surface area contributed by atoms with Gasteiger partial charge in [0.05, 0.1) is 5.38 Å². The van der Waals surface area contributed by atoms with Gasteiger partial charge in [-0.25, -0.2) is 22.0 Å². The maximum Gasteiger partial charge on any atom is 0.133 e. The van der Waals surface area contributed by atoms with Gasteiger partial charge in [0.1, 0.15) is 29.1 Å². The standard InChI is InChI=1S/C14H8ClF5/c15-9(6-8-10(17)2-1-3-11(8)18)14-12(19)4-7(16)5-13(14)20/h1-5,9H,6H2. The molecule has 6 heteroatoms. The summed E-state index contributed by atoms with van der Waals surface area (Å²) in [5, 5.41) is -1.36. The fourth-order valence-corrected chi connectivity index (χ4v) is 2.22. The van der Waals surface area contributed by atoms with Crippen LogP contribution in [0.4, 0.5) is 22.0 Å². The molecule has 0 aliphatic heterocycles. The van der Waals surface area contributed by atoms with Crippen molar-refractivity contribution in [2.24, 2.45) is 0 Å². The SMILES string of the molecule is Fc1cc(F)c(C(Cl)Cc2c(F)cccc2F)c(F)c1. The largest absolute Gasteiger partial charge is 0.207 e. The lowest BCUT2D eigenvalue weighted by atomic mass is 10.0. The fraction of sp³-hybridized carbons (Fsp3) is 0.143. The number of benzene rings is 2. The molecule has 0 saturated carbocycles.